The first kappa shape index (κ1) is 16.3. The molecule has 3 aromatic carbocycles. The van der Waals surface area contributed by atoms with Crippen LogP contribution in [0, 0.1) is 25.7 Å². The van der Waals surface area contributed by atoms with Gasteiger partial charge in [0.05, 0.1) is 0 Å². The molecule has 0 atom stereocenters. The van der Waals surface area contributed by atoms with Crippen molar-refractivity contribution in [3.63, 3.8) is 0 Å². The van der Waals surface area contributed by atoms with Crippen LogP contribution in [0.3, 0.4) is 0 Å². The van der Waals surface area contributed by atoms with E-state index < -0.39 is 0 Å². The van der Waals surface area contributed by atoms with Crippen molar-refractivity contribution in [2.24, 2.45) is 0 Å². The Balaban J connectivity index is 1.87. The molecule has 0 amide bonds. The molecule has 0 fully saturated rings. The molecule has 0 saturated heterocycles. The Kier molecular flexibility index (Phi) is 4.66. The van der Waals surface area contributed by atoms with Crippen molar-refractivity contribution >= 4 is 0 Å². The maximum Gasteiger partial charge on any atom is 0.123 e. The summed E-state index contributed by atoms with van der Waals surface area (Å²) in [6.45, 7) is 4.18. The molecule has 0 aliphatic carbocycles. The Hall–Kier alpha value is -2.61. The number of rotatable bonds is 4. The molecule has 0 heterocycles. The number of phenolic OH excluding ortho intramolecular Hbond substituents is 1. The number of halogens is 1. The van der Waals surface area contributed by atoms with Crippen LogP contribution in [0.15, 0.2) is 54.6 Å². The van der Waals surface area contributed by atoms with E-state index in [1.165, 1.54) is 23.3 Å². The maximum absolute atomic E-state index is 13.0. The van der Waals surface area contributed by atoms with Gasteiger partial charge in [-0.25, -0.2) is 4.39 Å². The van der Waals surface area contributed by atoms with Crippen molar-refractivity contribution in [2.75, 3.05) is 0 Å². The van der Waals surface area contributed by atoms with Gasteiger partial charge in [-0.15, -0.1) is 0 Å². The van der Waals surface area contributed by atoms with Crippen LogP contribution in [0.4, 0.5) is 4.39 Å². The minimum atomic E-state index is -0.247. The van der Waals surface area contributed by atoms with Crippen LogP contribution >= 0.6 is 0 Å². The van der Waals surface area contributed by atoms with Crippen molar-refractivity contribution in [1.82, 2.24) is 0 Å². The zero-order valence-corrected chi connectivity index (χ0v) is 13.9. The number of hydrogen-bond acceptors (Lipinski definition) is 1. The van der Waals surface area contributed by atoms with E-state index in [1.807, 2.05) is 18.2 Å². The molecule has 121 valence electrons. The van der Waals surface area contributed by atoms with Crippen LogP contribution < -0.4 is 0 Å². The normalized spacial score (nSPS) is 10.8. The number of phenols is 1. The SMILES string of the molecule is Cc1[c]ccc(C)c1Cc1ccc(O)c(Cc2ccc(F)cc2)c1. The maximum atomic E-state index is 13.0. The molecular weight excluding hydrogens is 299 g/mol. The lowest BCUT2D eigenvalue weighted by atomic mass is 9.94. The van der Waals surface area contributed by atoms with E-state index in [4.69, 9.17) is 0 Å². The molecule has 1 N–H and O–H groups in total. The molecule has 2 heteroatoms. The third kappa shape index (κ3) is 3.65. The first-order valence-electron chi connectivity index (χ1n) is 8.05. The van der Waals surface area contributed by atoms with Crippen LogP contribution in [0.5, 0.6) is 5.75 Å². The highest BCUT2D eigenvalue weighted by Crippen LogP contribution is 2.25. The topological polar surface area (TPSA) is 20.2 Å². The van der Waals surface area contributed by atoms with Crippen LogP contribution in [0.1, 0.15) is 33.4 Å². The summed E-state index contributed by atoms with van der Waals surface area (Å²) in [4.78, 5) is 0. The first-order valence-corrected chi connectivity index (χ1v) is 8.05. The quantitative estimate of drug-likeness (QED) is 0.707. The molecule has 0 saturated carbocycles. The summed E-state index contributed by atoms with van der Waals surface area (Å²) >= 11 is 0. The highest BCUT2D eigenvalue weighted by Gasteiger charge is 2.08. The molecule has 0 aromatic heterocycles. The van der Waals surface area contributed by atoms with Crippen LogP contribution in [-0.2, 0) is 12.8 Å². The fourth-order valence-corrected chi connectivity index (χ4v) is 2.96. The van der Waals surface area contributed by atoms with E-state index in [0.29, 0.717) is 6.42 Å². The number of aromatic hydroxyl groups is 1. The molecule has 0 spiro atoms. The van der Waals surface area contributed by atoms with Gasteiger partial charge in [0.15, 0.2) is 0 Å². The predicted molar refractivity (Wildman–Crippen MR) is 94.9 cm³/mol. The monoisotopic (exact) mass is 319 g/mol. The Morgan fingerprint density at radius 3 is 2.33 bits per heavy atom. The van der Waals surface area contributed by atoms with E-state index in [0.717, 1.165) is 28.7 Å². The molecular formula is C22H20FO. The molecule has 3 aromatic rings. The average molecular weight is 319 g/mol. The van der Waals surface area contributed by atoms with Gasteiger partial charge in [-0.1, -0.05) is 36.4 Å². The van der Waals surface area contributed by atoms with E-state index in [2.05, 4.69) is 26.0 Å². The van der Waals surface area contributed by atoms with Gasteiger partial charge >= 0.3 is 0 Å². The molecule has 0 unspecified atom stereocenters. The summed E-state index contributed by atoms with van der Waals surface area (Å²) < 4.78 is 13.0. The molecule has 0 aliphatic rings. The smallest absolute Gasteiger partial charge is 0.123 e. The fraction of sp³-hybridized carbons (Fsp3) is 0.182. The second kappa shape index (κ2) is 6.88. The number of benzene rings is 3. The van der Waals surface area contributed by atoms with Gasteiger partial charge in [-0.05, 0) is 77.9 Å². The van der Waals surface area contributed by atoms with Crippen molar-refractivity contribution in [2.45, 2.75) is 26.7 Å². The van der Waals surface area contributed by atoms with E-state index >= 15 is 0 Å². The minimum Gasteiger partial charge on any atom is -0.508 e. The lowest BCUT2D eigenvalue weighted by Crippen LogP contribution is -1.97. The highest BCUT2D eigenvalue weighted by atomic mass is 19.1. The van der Waals surface area contributed by atoms with Crippen LogP contribution in [0.25, 0.3) is 0 Å². The van der Waals surface area contributed by atoms with Gasteiger partial charge in [0.25, 0.3) is 0 Å². The Bertz CT molecular complexity index is 830. The van der Waals surface area contributed by atoms with Gasteiger partial charge in [0.2, 0.25) is 0 Å². The van der Waals surface area contributed by atoms with Gasteiger partial charge in [-0.3, -0.25) is 0 Å². The van der Waals surface area contributed by atoms with Crippen molar-refractivity contribution in [1.29, 1.82) is 0 Å². The second-order valence-corrected chi connectivity index (χ2v) is 6.21. The van der Waals surface area contributed by atoms with Gasteiger partial charge in [0.1, 0.15) is 11.6 Å². The summed E-state index contributed by atoms with van der Waals surface area (Å²) in [6.07, 6.45) is 1.39. The molecule has 24 heavy (non-hydrogen) atoms. The second-order valence-electron chi connectivity index (χ2n) is 6.21. The van der Waals surface area contributed by atoms with Crippen molar-refractivity contribution < 1.29 is 9.50 Å². The number of hydrogen-bond donors (Lipinski definition) is 1. The Labute approximate surface area is 142 Å². The van der Waals surface area contributed by atoms with E-state index in [9.17, 15) is 9.50 Å². The van der Waals surface area contributed by atoms with E-state index in [1.54, 1.807) is 18.2 Å². The molecule has 3 rings (SSSR count). The Morgan fingerprint density at radius 2 is 1.62 bits per heavy atom. The summed E-state index contributed by atoms with van der Waals surface area (Å²) in [5, 5.41) is 10.1. The van der Waals surface area contributed by atoms with Crippen molar-refractivity contribution in [3.8, 4) is 5.75 Å². The van der Waals surface area contributed by atoms with Crippen molar-refractivity contribution in [3.05, 3.63) is 99.9 Å². The zero-order valence-electron chi connectivity index (χ0n) is 13.9. The third-order valence-corrected chi connectivity index (χ3v) is 4.39. The zero-order chi connectivity index (χ0) is 17.1. The fourth-order valence-electron chi connectivity index (χ4n) is 2.96. The third-order valence-electron chi connectivity index (χ3n) is 4.39. The summed E-state index contributed by atoms with van der Waals surface area (Å²) in [5.74, 6) is 0.0270. The largest absolute Gasteiger partial charge is 0.508 e. The Morgan fingerprint density at radius 1 is 0.917 bits per heavy atom. The molecule has 0 aliphatic heterocycles. The minimum absolute atomic E-state index is 0.247. The lowest BCUT2D eigenvalue weighted by Gasteiger charge is -2.12. The van der Waals surface area contributed by atoms with Gasteiger partial charge in [0, 0.05) is 6.42 Å². The molecule has 1 radical (unpaired) electrons. The summed E-state index contributed by atoms with van der Waals surface area (Å²) in [7, 11) is 0. The predicted octanol–water partition coefficient (Wildman–Crippen LogP) is 5.13. The number of aryl methyl sites for hydroxylation is 2. The average Bonchev–Trinajstić information content (AvgIpc) is 2.56. The van der Waals surface area contributed by atoms with E-state index in [-0.39, 0.29) is 11.6 Å². The summed E-state index contributed by atoms with van der Waals surface area (Å²) in [6, 6.07) is 19.4. The summed E-state index contributed by atoms with van der Waals surface area (Å²) in [5.41, 5.74) is 6.66. The first-order chi connectivity index (χ1) is 11.5. The molecule has 1 nitrogen and oxygen atoms in total. The lowest BCUT2D eigenvalue weighted by molar-refractivity contribution is 0.469. The van der Waals surface area contributed by atoms with Gasteiger partial charge in [-0.2, -0.15) is 0 Å². The van der Waals surface area contributed by atoms with Gasteiger partial charge < -0.3 is 5.11 Å². The van der Waals surface area contributed by atoms with Crippen LogP contribution in [0.2, 0.25) is 0 Å². The van der Waals surface area contributed by atoms with Crippen LogP contribution in [-0.4, -0.2) is 5.11 Å². The molecule has 0 bridgehead atoms. The standard InChI is InChI=1S/C22H20FO/c1-15-4-3-5-16(2)21(15)14-18-8-11-22(24)19(13-18)12-17-6-9-20(23)10-7-17/h3-4,6-11,13,24H,12,14H2,1-2H3. The highest BCUT2D eigenvalue weighted by molar-refractivity contribution is 5.43.